The lowest BCUT2D eigenvalue weighted by Gasteiger charge is -2.33. The van der Waals surface area contributed by atoms with Gasteiger partial charge in [0.15, 0.2) is 15.7 Å². The first-order chi connectivity index (χ1) is 17.7. The molecule has 0 atom stereocenters. The number of nitrogens with zero attached hydrogens (tertiary/aromatic N) is 2. The van der Waals surface area contributed by atoms with Crippen LogP contribution in [0.3, 0.4) is 0 Å². The predicted molar refractivity (Wildman–Crippen MR) is 146 cm³/mol. The Bertz CT molecular complexity index is 1220. The Labute approximate surface area is 224 Å². The van der Waals surface area contributed by atoms with Crippen LogP contribution in [0.4, 0.5) is 11.5 Å². The molecule has 0 radical (unpaired) electrons. The molecule has 8 nitrogen and oxygen atoms in total. The first-order valence-corrected chi connectivity index (χ1v) is 15.2. The summed E-state index contributed by atoms with van der Waals surface area (Å²) in [6.07, 6.45) is 10.8. The molecule has 1 aliphatic heterocycles. The highest BCUT2D eigenvalue weighted by Gasteiger charge is 2.26. The highest BCUT2D eigenvalue weighted by atomic mass is 35.5. The molecule has 1 saturated heterocycles. The van der Waals surface area contributed by atoms with Gasteiger partial charge >= 0.3 is 0 Å². The first-order valence-electron chi connectivity index (χ1n) is 13.0. The van der Waals surface area contributed by atoms with Crippen LogP contribution in [-0.2, 0) is 14.6 Å². The number of halogens is 1. The number of carbonyl (C=O) groups is 2. The smallest absolute Gasteiger partial charge is 0.255 e. The van der Waals surface area contributed by atoms with Crippen molar-refractivity contribution < 1.29 is 18.0 Å². The minimum atomic E-state index is -3.51. The van der Waals surface area contributed by atoms with E-state index in [9.17, 15) is 18.0 Å². The van der Waals surface area contributed by atoms with Crippen molar-refractivity contribution in [1.82, 2.24) is 10.3 Å². The Morgan fingerprint density at radius 3 is 2.46 bits per heavy atom. The Kier molecular flexibility index (Phi) is 9.08. The number of rotatable bonds is 8. The monoisotopic (exact) mass is 546 g/mol. The van der Waals surface area contributed by atoms with Crippen LogP contribution in [-0.4, -0.2) is 51.1 Å². The number of amides is 2. The van der Waals surface area contributed by atoms with E-state index in [1.165, 1.54) is 44.4 Å². The summed E-state index contributed by atoms with van der Waals surface area (Å²) in [5.74, 6) is 1.13. The van der Waals surface area contributed by atoms with Crippen LogP contribution < -0.4 is 15.5 Å². The number of piperidine rings is 1. The molecule has 0 spiro atoms. The summed E-state index contributed by atoms with van der Waals surface area (Å²) in [7, 11) is -3.51. The van der Waals surface area contributed by atoms with Gasteiger partial charge in [-0.15, -0.1) is 0 Å². The fraction of sp³-hybridized carbons (Fsp3) is 0.519. The number of nitrogens with one attached hydrogen (secondary N) is 2. The maximum atomic E-state index is 12.9. The van der Waals surface area contributed by atoms with E-state index in [2.05, 4.69) is 15.6 Å². The molecule has 1 aliphatic carbocycles. The lowest BCUT2D eigenvalue weighted by molar-refractivity contribution is -0.122. The Hall–Kier alpha value is -2.65. The van der Waals surface area contributed by atoms with Crippen molar-refractivity contribution in [3.05, 3.63) is 47.1 Å². The number of anilines is 2. The molecule has 2 N–H and O–H groups in total. The Morgan fingerprint density at radius 1 is 1.05 bits per heavy atom. The van der Waals surface area contributed by atoms with Gasteiger partial charge in [0, 0.05) is 49.1 Å². The number of benzene rings is 1. The third-order valence-corrected chi connectivity index (χ3v) is 8.62. The molecule has 200 valence electrons. The van der Waals surface area contributed by atoms with E-state index in [0.29, 0.717) is 47.5 Å². The lowest BCUT2D eigenvalue weighted by Crippen LogP contribution is -2.37. The summed E-state index contributed by atoms with van der Waals surface area (Å²) in [6, 6.07) is 8.00. The lowest BCUT2D eigenvalue weighted by atomic mass is 9.89. The number of carbonyl (C=O) groups excluding carboxylic acids is 2. The zero-order valence-electron chi connectivity index (χ0n) is 21.2. The highest BCUT2D eigenvalue weighted by molar-refractivity contribution is 7.90. The summed E-state index contributed by atoms with van der Waals surface area (Å²) in [4.78, 5) is 31.9. The van der Waals surface area contributed by atoms with Crippen molar-refractivity contribution in [3.8, 4) is 0 Å². The van der Waals surface area contributed by atoms with E-state index in [-0.39, 0.29) is 16.7 Å². The third-order valence-electron chi connectivity index (χ3n) is 7.31. The minimum absolute atomic E-state index is 0.0298. The van der Waals surface area contributed by atoms with E-state index in [0.717, 1.165) is 25.6 Å². The summed E-state index contributed by atoms with van der Waals surface area (Å²) >= 11 is 6.03. The average Bonchev–Trinajstić information content (AvgIpc) is 2.88. The van der Waals surface area contributed by atoms with E-state index < -0.39 is 15.7 Å². The molecular formula is C27H35ClN4O4S. The molecule has 10 heteroatoms. The second-order valence-electron chi connectivity index (χ2n) is 10.2. The molecule has 2 amide bonds. The SMILES string of the molecule is CS(=O)(=O)c1cnc(N2CCC(CC(=O)NCC3CCCCC3)CC2)c(NC(=O)c2cccc(Cl)c2)c1. The van der Waals surface area contributed by atoms with Crippen molar-refractivity contribution in [2.75, 3.05) is 36.1 Å². The quantitative estimate of drug-likeness (QED) is 0.497. The standard InChI is InChI=1S/C27H35ClN4O4S/c1-37(35,36)23-16-24(31-27(34)21-8-5-9-22(28)15-21)26(30-18-23)32-12-10-19(11-13-32)14-25(33)29-17-20-6-3-2-4-7-20/h5,8-9,15-16,18-20H,2-4,6-7,10-14,17H2,1H3,(H,29,33)(H,31,34). The zero-order valence-corrected chi connectivity index (χ0v) is 22.8. The summed E-state index contributed by atoms with van der Waals surface area (Å²) < 4.78 is 24.3. The van der Waals surface area contributed by atoms with Crippen molar-refractivity contribution in [2.24, 2.45) is 11.8 Å². The van der Waals surface area contributed by atoms with Crippen molar-refractivity contribution >= 4 is 44.8 Å². The van der Waals surface area contributed by atoms with Gasteiger partial charge in [-0.3, -0.25) is 9.59 Å². The zero-order chi connectivity index (χ0) is 26.4. The molecule has 2 aliphatic rings. The Balaban J connectivity index is 1.39. The van der Waals surface area contributed by atoms with Gasteiger partial charge < -0.3 is 15.5 Å². The van der Waals surface area contributed by atoms with Gasteiger partial charge in [-0.05, 0) is 61.8 Å². The highest BCUT2D eigenvalue weighted by Crippen LogP contribution is 2.31. The molecule has 1 aromatic heterocycles. The normalized spacial score (nSPS) is 17.4. The summed E-state index contributed by atoms with van der Waals surface area (Å²) in [6.45, 7) is 2.10. The average molecular weight is 547 g/mol. The van der Waals surface area contributed by atoms with Crippen LogP contribution in [0.25, 0.3) is 0 Å². The number of hydrogen-bond donors (Lipinski definition) is 2. The number of hydrogen-bond acceptors (Lipinski definition) is 6. The van der Waals surface area contributed by atoms with Crippen LogP contribution in [0, 0.1) is 11.8 Å². The fourth-order valence-electron chi connectivity index (χ4n) is 5.14. The number of aromatic nitrogens is 1. The summed E-state index contributed by atoms with van der Waals surface area (Å²) in [5, 5.41) is 6.39. The molecule has 37 heavy (non-hydrogen) atoms. The molecule has 0 bridgehead atoms. The molecule has 2 aromatic rings. The largest absolute Gasteiger partial charge is 0.356 e. The molecule has 4 rings (SSSR count). The van der Waals surface area contributed by atoms with Crippen LogP contribution >= 0.6 is 11.6 Å². The van der Waals surface area contributed by atoms with E-state index in [4.69, 9.17) is 11.6 Å². The number of pyridine rings is 1. The Morgan fingerprint density at radius 2 is 1.78 bits per heavy atom. The number of sulfone groups is 1. The van der Waals surface area contributed by atoms with E-state index >= 15 is 0 Å². The maximum Gasteiger partial charge on any atom is 0.255 e. The second-order valence-corrected chi connectivity index (χ2v) is 12.7. The molecular weight excluding hydrogens is 512 g/mol. The topological polar surface area (TPSA) is 108 Å². The predicted octanol–water partition coefficient (Wildman–Crippen LogP) is 4.69. The van der Waals surface area contributed by atoms with Crippen molar-refractivity contribution in [1.29, 1.82) is 0 Å². The van der Waals surface area contributed by atoms with Crippen LogP contribution in [0.2, 0.25) is 5.02 Å². The van der Waals surface area contributed by atoms with E-state index in [1.54, 1.807) is 24.3 Å². The van der Waals surface area contributed by atoms with Gasteiger partial charge in [0.1, 0.15) is 0 Å². The fourth-order valence-corrected chi connectivity index (χ4v) is 5.91. The molecule has 1 saturated carbocycles. The molecule has 2 fully saturated rings. The minimum Gasteiger partial charge on any atom is -0.356 e. The first kappa shape index (κ1) is 27.4. The molecule has 0 unspecified atom stereocenters. The van der Waals surface area contributed by atoms with Gasteiger partial charge in [0.05, 0.1) is 10.6 Å². The van der Waals surface area contributed by atoms with E-state index in [1.807, 2.05) is 4.90 Å². The van der Waals surface area contributed by atoms with Gasteiger partial charge in [-0.25, -0.2) is 13.4 Å². The van der Waals surface area contributed by atoms with Crippen molar-refractivity contribution in [3.63, 3.8) is 0 Å². The summed E-state index contributed by atoms with van der Waals surface area (Å²) in [5.41, 5.74) is 0.692. The van der Waals surface area contributed by atoms with Crippen molar-refractivity contribution in [2.45, 2.75) is 56.3 Å². The van der Waals surface area contributed by atoms with Crippen LogP contribution in [0.1, 0.15) is 61.7 Å². The van der Waals surface area contributed by atoms with Crippen LogP contribution in [0.15, 0.2) is 41.4 Å². The third kappa shape index (κ3) is 7.68. The second kappa shape index (κ2) is 12.3. The molecule has 2 heterocycles. The molecule has 1 aromatic carbocycles. The van der Waals surface area contributed by atoms with Gasteiger partial charge in [0.25, 0.3) is 5.91 Å². The van der Waals surface area contributed by atoms with Gasteiger partial charge in [-0.1, -0.05) is 36.9 Å². The van der Waals surface area contributed by atoms with Gasteiger partial charge in [-0.2, -0.15) is 0 Å². The van der Waals surface area contributed by atoms with Gasteiger partial charge in [0.2, 0.25) is 5.91 Å². The van der Waals surface area contributed by atoms with Crippen LogP contribution in [0.5, 0.6) is 0 Å². The maximum absolute atomic E-state index is 12.9.